The van der Waals surface area contributed by atoms with Crippen LogP contribution in [0.2, 0.25) is 0 Å². The molecule has 1 atom stereocenters. The lowest BCUT2D eigenvalue weighted by atomic mass is 9.80. The predicted molar refractivity (Wildman–Crippen MR) is 57.5 cm³/mol. The van der Waals surface area contributed by atoms with Gasteiger partial charge in [-0.1, -0.05) is 13.8 Å². The number of hydrogen-bond acceptors (Lipinski definition) is 3. The van der Waals surface area contributed by atoms with E-state index >= 15 is 0 Å². The molecular formula is C10H18O3S. The molecule has 0 aromatic carbocycles. The van der Waals surface area contributed by atoms with Gasteiger partial charge in [-0.3, -0.25) is 4.79 Å². The Morgan fingerprint density at radius 3 is 2.57 bits per heavy atom. The molecule has 0 spiro atoms. The SMILES string of the molecule is CC1(C)CSCC(O)(CCC(=O)O)C1. The van der Waals surface area contributed by atoms with Crippen LogP contribution in [-0.2, 0) is 4.79 Å². The van der Waals surface area contributed by atoms with Gasteiger partial charge in [0.15, 0.2) is 0 Å². The van der Waals surface area contributed by atoms with Gasteiger partial charge < -0.3 is 10.2 Å². The number of aliphatic hydroxyl groups is 1. The van der Waals surface area contributed by atoms with E-state index in [2.05, 4.69) is 13.8 Å². The van der Waals surface area contributed by atoms with E-state index in [1.807, 2.05) is 0 Å². The molecule has 1 fully saturated rings. The van der Waals surface area contributed by atoms with Crippen molar-refractivity contribution in [3.63, 3.8) is 0 Å². The lowest BCUT2D eigenvalue weighted by Gasteiger charge is -2.41. The Bertz CT molecular complexity index is 227. The minimum absolute atomic E-state index is 0.0626. The summed E-state index contributed by atoms with van der Waals surface area (Å²) in [5.41, 5.74) is -0.652. The van der Waals surface area contributed by atoms with E-state index in [0.717, 1.165) is 5.75 Å². The van der Waals surface area contributed by atoms with Gasteiger partial charge in [-0.25, -0.2) is 0 Å². The van der Waals surface area contributed by atoms with Crippen molar-refractivity contribution in [3.8, 4) is 0 Å². The molecule has 1 aliphatic rings. The average Bonchev–Trinajstić information content (AvgIpc) is 1.98. The van der Waals surface area contributed by atoms with Crippen molar-refractivity contribution in [2.75, 3.05) is 11.5 Å². The van der Waals surface area contributed by atoms with E-state index in [1.165, 1.54) is 0 Å². The van der Waals surface area contributed by atoms with Gasteiger partial charge in [0.05, 0.1) is 5.60 Å². The van der Waals surface area contributed by atoms with Crippen molar-refractivity contribution in [1.82, 2.24) is 0 Å². The molecule has 1 heterocycles. The molecule has 0 aromatic rings. The van der Waals surface area contributed by atoms with Crippen molar-refractivity contribution in [1.29, 1.82) is 0 Å². The first-order valence-corrected chi connectivity index (χ1v) is 6.00. The molecule has 1 unspecified atom stereocenters. The smallest absolute Gasteiger partial charge is 0.303 e. The lowest BCUT2D eigenvalue weighted by Crippen LogP contribution is -2.42. The molecule has 0 radical (unpaired) electrons. The third-order valence-electron chi connectivity index (χ3n) is 2.48. The summed E-state index contributed by atoms with van der Waals surface area (Å²) in [6, 6.07) is 0. The lowest BCUT2D eigenvalue weighted by molar-refractivity contribution is -0.138. The fourth-order valence-electron chi connectivity index (χ4n) is 2.01. The van der Waals surface area contributed by atoms with Gasteiger partial charge in [0, 0.05) is 12.2 Å². The standard InChI is InChI=1S/C10H18O3S/c1-9(2)5-10(13,7-14-6-9)4-3-8(11)12/h13H,3-7H2,1-2H3,(H,11,12). The maximum absolute atomic E-state index is 10.4. The van der Waals surface area contributed by atoms with Crippen LogP contribution >= 0.6 is 11.8 Å². The zero-order valence-corrected chi connectivity index (χ0v) is 9.56. The highest BCUT2D eigenvalue weighted by Crippen LogP contribution is 2.41. The normalized spacial score (nSPS) is 31.4. The Morgan fingerprint density at radius 1 is 1.43 bits per heavy atom. The highest BCUT2D eigenvalue weighted by Gasteiger charge is 2.38. The zero-order valence-electron chi connectivity index (χ0n) is 8.75. The second-order valence-electron chi connectivity index (χ2n) is 4.95. The summed E-state index contributed by atoms with van der Waals surface area (Å²) in [6.07, 6.45) is 1.15. The molecule has 1 rings (SSSR count). The minimum atomic E-state index is -0.827. The number of aliphatic carboxylic acids is 1. The van der Waals surface area contributed by atoms with E-state index in [9.17, 15) is 9.90 Å². The second kappa shape index (κ2) is 4.11. The topological polar surface area (TPSA) is 57.5 Å². The first kappa shape index (κ1) is 11.9. The molecule has 3 nitrogen and oxygen atoms in total. The molecular weight excluding hydrogens is 200 g/mol. The van der Waals surface area contributed by atoms with Crippen LogP contribution in [0.15, 0.2) is 0 Å². The van der Waals surface area contributed by atoms with Crippen LogP contribution in [0.25, 0.3) is 0 Å². The molecule has 4 heteroatoms. The molecule has 2 N–H and O–H groups in total. The van der Waals surface area contributed by atoms with Crippen LogP contribution < -0.4 is 0 Å². The molecule has 0 aromatic heterocycles. The molecule has 1 aliphatic heterocycles. The number of hydrogen-bond donors (Lipinski definition) is 2. The van der Waals surface area contributed by atoms with Crippen LogP contribution in [0, 0.1) is 5.41 Å². The fraction of sp³-hybridized carbons (Fsp3) is 0.900. The summed E-state index contributed by atoms with van der Waals surface area (Å²) in [7, 11) is 0. The van der Waals surface area contributed by atoms with Crippen LogP contribution in [0.5, 0.6) is 0 Å². The Balaban J connectivity index is 2.51. The second-order valence-corrected chi connectivity index (χ2v) is 5.94. The summed E-state index contributed by atoms with van der Waals surface area (Å²) in [4.78, 5) is 10.4. The minimum Gasteiger partial charge on any atom is -0.481 e. The van der Waals surface area contributed by atoms with Gasteiger partial charge >= 0.3 is 5.97 Å². The van der Waals surface area contributed by atoms with Crippen molar-refractivity contribution in [2.24, 2.45) is 5.41 Å². The molecule has 0 bridgehead atoms. The van der Waals surface area contributed by atoms with E-state index < -0.39 is 11.6 Å². The summed E-state index contributed by atoms with van der Waals surface area (Å²) in [5.74, 6) is 0.887. The highest BCUT2D eigenvalue weighted by atomic mass is 32.2. The highest BCUT2D eigenvalue weighted by molar-refractivity contribution is 7.99. The maximum atomic E-state index is 10.4. The van der Waals surface area contributed by atoms with Crippen LogP contribution in [0.4, 0.5) is 0 Å². The molecule has 0 saturated carbocycles. The molecule has 0 amide bonds. The Morgan fingerprint density at radius 2 is 2.07 bits per heavy atom. The van der Waals surface area contributed by atoms with Crippen LogP contribution in [0.3, 0.4) is 0 Å². The number of carbonyl (C=O) groups is 1. The van der Waals surface area contributed by atoms with Gasteiger partial charge in [-0.15, -0.1) is 0 Å². The third kappa shape index (κ3) is 3.50. The average molecular weight is 218 g/mol. The summed E-state index contributed by atoms with van der Waals surface area (Å²) < 4.78 is 0. The first-order chi connectivity index (χ1) is 6.33. The van der Waals surface area contributed by atoms with Crippen molar-refractivity contribution in [2.45, 2.75) is 38.7 Å². The predicted octanol–water partition coefficient (Wildman–Crippen LogP) is 1.75. The zero-order chi connectivity index (χ0) is 10.8. The molecule has 0 aliphatic carbocycles. The maximum Gasteiger partial charge on any atom is 0.303 e. The number of carboxylic acids is 1. The largest absolute Gasteiger partial charge is 0.481 e. The third-order valence-corrected chi connectivity index (χ3v) is 4.20. The fourth-order valence-corrected chi connectivity index (χ4v) is 3.39. The first-order valence-electron chi connectivity index (χ1n) is 4.85. The van der Waals surface area contributed by atoms with E-state index in [-0.39, 0.29) is 11.8 Å². The van der Waals surface area contributed by atoms with Gasteiger partial charge in [-0.2, -0.15) is 11.8 Å². The van der Waals surface area contributed by atoms with Crippen molar-refractivity contribution in [3.05, 3.63) is 0 Å². The van der Waals surface area contributed by atoms with E-state index in [0.29, 0.717) is 18.6 Å². The van der Waals surface area contributed by atoms with E-state index in [4.69, 9.17) is 5.11 Å². The molecule has 82 valence electrons. The van der Waals surface area contributed by atoms with Crippen LogP contribution in [0.1, 0.15) is 33.1 Å². The Kier molecular flexibility index (Phi) is 3.48. The van der Waals surface area contributed by atoms with Gasteiger partial charge in [0.1, 0.15) is 0 Å². The van der Waals surface area contributed by atoms with Gasteiger partial charge in [0.25, 0.3) is 0 Å². The summed E-state index contributed by atoms with van der Waals surface area (Å²) in [5, 5.41) is 18.7. The van der Waals surface area contributed by atoms with E-state index in [1.54, 1.807) is 11.8 Å². The molecule has 1 saturated heterocycles. The van der Waals surface area contributed by atoms with Crippen molar-refractivity contribution >= 4 is 17.7 Å². The Labute approximate surface area is 88.9 Å². The van der Waals surface area contributed by atoms with Gasteiger partial charge in [0.2, 0.25) is 0 Å². The number of carboxylic acid groups (broad SMARTS) is 1. The van der Waals surface area contributed by atoms with Gasteiger partial charge in [-0.05, 0) is 24.0 Å². The monoisotopic (exact) mass is 218 g/mol. The van der Waals surface area contributed by atoms with Crippen molar-refractivity contribution < 1.29 is 15.0 Å². The quantitative estimate of drug-likeness (QED) is 0.757. The number of rotatable bonds is 3. The molecule has 14 heavy (non-hydrogen) atoms. The summed E-state index contributed by atoms with van der Waals surface area (Å²) >= 11 is 1.72. The van der Waals surface area contributed by atoms with Crippen LogP contribution in [-0.4, -0.2) is 33.3 Å². The summed E-state index contributed by atoms with van der Waals surface area (Å²) in [6.45, 7) is 4.23. The Hall–Kier alpha value is -0.220. The number of thioether (sulfide) groups is 1.